The Morgan fingerprint density at radius 3 is 2.64 bits per heavy atom. The van der Waals surface area contributed by atoms with Crippen LogP contribution in [0.3, 0.4) is 0 Å². The van der Waals surface area contributed by atoms with Crippen LogP contribution in [-0.2, 0) is 6.54 Å². The highest BCUT2D eigenvalue weighted by Gasteiger charge is 2.16. The monoisotopic (exact) mass is 474 g/mol. The molecule has 1 aliphatic heterocycles. The van der Waals surface area contributed by atoms with Crippen LogP contribution in [0.5, 0.6) is 0 Å². The highest BCUT2D eigenvalue weighted by molar-refractivity contribution is 6.00. The fourth-order valence-corrected chi connectivity index (χ4v) is 5.32. The third-order valence-corrected chi connectivity index (χ3v) is 7.14. The average Bonchev–Trinajstić information content (AvgIpc) is 3.68. The largest absolute Gasteiger partial charge is 0.472 e. The summed E-state index contributed by atoms with van der Waals surface area (Å²) in [5, 5.41) is 9.97. The van der Waals surface area contributed by atoms with Gasteiger partial charge in [-0.1, -0.05) is 12.5 Å². The van der Waals surface area contributed by atoms with Crippen molar-refractivity contribution < 1.29 is 4.42 Å². The SMILES string of the molecule is c1cc2[nH]c(-c3n[nH]c4ccc(-c5cncc(CN6CCCCC6)c5)cc34)cc2c(-c2ccoc2)n1. The minimum atomic E-state index is 0.888. The topological polar surface area (TPSA) is 86.6 Å². The van der Waals surface area contributed by atoms with Crippen molar-refractivity contribution >= 4 is 21.8 Å². The molecule has 6 aromatic rings. The van der Waals surface area contributed by atoms with E-state index in [-0.39, 0.29) is 0 Å². The summed E-state index contributed by atoms with van der Waals surface area (Å²) in [4.78, 5) is 15.2. The van der Waals surface area contributed by atoms with Crippen molar-refractivity contribution in [3.63, 3.8) is 0 Å². The molecule has 0 saturated carbocycles. The number of rotatable bonds is 5. The first-order chi connectivity index (χ1) is 17.8. The molecule has 1 saturated heterocycles. The lowest BCUT2D eigenvalue weighted by atomic mass is 10.0. The Bertz CT molecular complexity index is 1660. The molecule has 178 valence electrons. The van der Waals surface area contributed by atoms with Crippen LogP contribution in [0.25, 0.3) is 55.6 Å². The zero-order chi connectivity index (χ0) is 23.9. The van der Waals surface area contributed by atoms with E-state index in [1.54, 1.807) is 12.5 Å². The Balaban J connectivity index is 1.26. The van der Waals surface area contributed by atoms with E-state index in [1.165, 1.54) is 37.9 Å². The van der Waals surface area contributed by atoms with Gasteiger partial charge < -0.3 is 9.40 Å². The predicted octanol–water partition coefficient (Wildman–Crippen LogP) is 6.41. The van der Waals surface area contributed by atoms with E-state index in [1.807, 2.05) is 30.7 Å². The van der Waals surface area contributed by atoms with Gasteiger partial charge in [0.25, 0.3) is 0 Å². The normalized spacial score (nSPS) is 14.7. The fraction of sp³-hybridized carbons (Fsp3) is 0.207. The summed E-state index contributed by atoms with van der Waals surface area (Å²) in [7, 11) is 0. The number of fused-ring (bicyclic) bond motifs is 2. The van der Waals surface area contributed by atoms with Crippen molar-refractivity contribution in [2.75, 3.05) is 13.1 Å². The van der Waals surface area contributed by atoms with Gasteiger partial charge in [-0.05, 0) is 73.5 Å². The van der Waals surface area contributed by atoms with Crippen LogP contribution >= 0.6 is 0 Å². The summed E-state index contributed by atoms with van der Waals surface area (Å²) in [6.07, 6.45) is 13.1. The number of hydrogen-bond donors (Lipinski definition) is 2. The molecule has 5 aromatic heterocycles. The maximum atomic E-state index is 5.29. The van der Waals surface area contributed by atoms with Crippen molar-refractivity contribution in [2.45, 2.75) is 25.8 Å². The molecule has 0 bridgehead atoms. The van der Waals surface area contributed by atoms with Crippen molar-refractivity contribution in [3.05, 3.63) is 79.1 Å². The van der Waals surface area contributed by atoms with Gasteiger partial charge in [0.05, 0.1) is 29.4 Å². The number of hydrogen-bond acceptors (Lipinski definition) is 5. The van der Waals surface area contributed by atoms with Gasteiger partial charge in [0.2, 0.25) is 0 Å². The zero-order valence-corrected chi connectivity index (χ0v) is 19.9. The number of pyridine rings is 2. The average molecular weight is 475 g/mol. The number of likely N-dealkylation sites (tertiary alicyclic amines) is 1. The number of piperidine rings is 1. The third-order valence-electron chi connectivity index (χ3n) is 7.14. The van der Waals surface area contributed by atoms with Crippen LogP contribution < -0.4 is 0 Å². The molecule has 7 heteroatoms. The molecule has 0 amide bonds. The number of aromatic nitrogens is 5. The fourth-order valence-electron chi connectivity index (χ4n) is 5.32. The summed E-state index contributed by atoms with van der Waals surface area (Å²) >= 11 is 0. The van der Waals surface area contributed by atoms with Crippen LogP contribution in [-0.4, -0.2) is 43.1 Å². The molecule has 36 heavy (non-hydrogen) atoms. The number of nitrogens with one attached hydrogen (secondary N) is 2. The van der Waals surface area contributed by atoms with E-state index < -0.39 is 0 Å². The number of benzene rings is 1. The third kappa shape index (κ3) is 3.78. The Labute approximate surface area is 208 Å². The molecule has 0 atom stereocenters. The van der Waals surface area contributed by atoms with E-state index in [2.05, 4.69) is 60.4 Å². The lowest BCUT2D eigenvalue weighted by Crippen LogP contribution is -2.29. The van der Waals surface area contributed by atoms with Crippen molar-refractivity contribution in [1.29, 1.82) is 0 Å². The van der Waals surface area contributed by atoms with Gasteiger partial charge in [-0.2, -0.15) is 5.10 Å². The van der Waals surface area contributed by atoms with Crippen LogP contribution in [0.2, 0.25) is 0 Å². The molecule has 0 radical (unpaired) electrons. The van der Waals surface area contributed by atoms with Crippen molar-refractivity contribution in [3.8, 4) is 33.8 Å². The number of aromatic amines is 2. The second-order valence-electron chi connectivity index (χ2n) is 9.57. The molecule has 1 aliphatic rings. The van der Waals surface area contributed by atoms with E-state index in [0.29, 0.717) is 0 Å². The number of nitrogens with zero attached hydrogens (tertiary/aromatic N) is 4. The second-order valence-corrected chi connectivity index (χ2v) is 9.57. The molecule has 7 nitrogen and oxygen atoms in total. The first-order valence-corrected chi connectivity index (χ1v) is 12.5. The number of H-pyrrole nitrogens is 2. The zero-order valence-electron chi connectivity index (χ0n) is 19.9. The van der Waals surface area contributed by atoms with Crippen molar-refractivity contribution in [1.82, 2.24) is 30.0 Å². The van der Waals surface area contributed by atoms with E-state index in [9.17, 15) is 0 Å². The lowest BCUT2D eigenvalue weighted by molar-refractivity contribution is 0.220. The molecule has 0 spiro atoms. The summed E-state index contributed by atoms with van der Waals surface area (Å²) in [5.41, 5.74) is 9.21. The Kier molecular flexibility index (Phi) is 5.14. The number of furan rings is 1. The van der Waals surface area contributed by atoms with E-state index >= 15 is 0 Å². The van der Waals surface area contributed by atoms with E-state index in [4.69, 9.17) is 4.42 Å². The Morgan fingerprint density at radius 1 is 0.833 bits per heavy atom. The summed E-state index contributed by atoms with van der Waals surface area (Å²) in [6, 6.07) is 14.7. The minimum Gasteiger partial charge on any atom is -0.472 e. The van der Waals surface area contributed by atoms with Crippen molar-refractivity contribution in [2.24, 2.45) is 0 Å². The van der Waals surface area contributed by atoms with Crippen LogP contribution in [0.15, 0.2) is 78.0 Å². The highest BCUT2D eigenvalue weighted by atomic mass is 16.3. The maximum absolute atomic E-state index is 5.29. The predicted molar refractivity (Wildman–Crippen MR) is 141 cm³/mol. The van der Waals surface area contributed by atoms with Crippen LogP contribution in [0.1, 0.15) is 24.8 Å². The van der Waals surface area contributed by atoms with Crippen LogP contribution in [0.4, 0.5) is 0 Å². The van der Waals surface area contributed by atoms with Crippen LogP contribution in [0, 0.1) is 0 Å². The highest BCUT2D eigenvalue weighted by Crippen LogP contribution is 2.34. The smallest absolute Gasteiger partial charge is 0.116 e. The van der Waals surface area contributed by atoms with Gasteiger partial charge in [0.15, 0.2) is 0 Å². The summed E-state index contributed by atoms with van der Waals surface area (Å²) < 4.78 is 5.29. The summed E-state index contributed by atoms with van der Waals surface area (Å²) in [5.74, 6) is 0. The first kappa shape index (κ1) is 21.1. The summed E-state index contributed by atoms with van der Waals surface area (Å²) in [6.45, 7) is 3.32. The lowest BCUT2D eigenvalue weighted by Gasteiger charge is -2.26. The quantitative estimate of drug-likeness (QED) is 0.301. The molecule has 6 heterocycles. The standard InChI is InChI=1S/C29H26N6O/c1-2-9-35(10-3-1)17-19-12-22(16-30-15-19)20-4-5-26-23(13-20)29(34-33-26)27-14-24-25(32-27)6-8-31-28(24)21-7-11-36-18-21/h4-8,11-16,18,32H,1-3,9-10,17H2,(H,33,34). The Morgan fingerprint density at radius 2 is 1.75 bits per heavy atom. The molecule has 1 fully saturated rings. The molecule has 0 unspecified atom stereocenters. The maximum Gasteiger partial charge on any atom is 0.116 e. The first-order valence-electron chi connectivity index (χ1n) is 12.5. The molecule has 7 rings (SSSR count). The molecular weight excluding hydrogens is 448 g/mol. The second kappa shape index (κ2) is 8.77. The van der Waals surface area contributed by atoms with E-state index in [0.717, 1.165) is 62.1 Å². The van der Waals surface area contributed by atoms with Gasteiger partial charge in [0.1, 0.15) is 5.69 Å². The molecule has 1 aromatic carbocycles. The molecular formula is C29H26N6O. The molecule has 0 aliphatic carbocycles. The minimum absolute atomic E-state index is 0.888. The van der Waals surface area contributed by atoms with Gasteiger partial charge in [-0.3, -0.25) is 20.0 Å². The van der Waals surface area contributed by atoms with Gasteiger partial charge >= 0.3 is 0 Å². The van der Waals surface area contributed by atoms with Gasteiger partial charge in [0, 0.05) is 52.6 Å². The van der Waals surface area contributed by atoms with Gasteiger partial charge in [-0.15, -0.1) is 0 Å². The Hall–Kier alpha value is -4.23. The van der Waals surface area contributed by atoms with Gasteiger partial charge in [-0.25, -0.2) is 0 Å². The molecule has 2 N–H and O–H groups in total.